The second-order valence-electron chi connectivity index (χ2n) is 7.89. The summed E-state index contributed by atoms with van der Waals surface area (Å²) in [7, 11) is 0. The van der Waals surface area contributed by atoms with Gasteiger partial charge in [-0.2, -0.15) is 0 Å². The van der Waals surface area contributed by atoms with Gasteiger partial charge in [0.05, 0.1) is 11.5 Å². The number of nitrogens with zero attached hydrogens (tertiary/aromatic N) is 1. The zero-order chi connectivity index (χ0) is 19.4. The Bertz CT molecular complexity index is 615. The number of aliphatic hydroxyl groups is 1. The Hall–Kier alpha value is -2.08. The third kappa shape index (κ3) is 5.46. The van der Waals surface area contributed by atoms with Crippen LogP contribution in [0.25, 0.3) is 0 Å². The van der Waals surface area contributed by atoms with E-state index in [4.69, 9.17) is 9.47 Å². The van der Waals surface area contributed by atoms with Gasteiger partial charge in [-0.05, 0) is 46.1 Å². The van der Waals surface area contributed by atoms with Gasteiger partial charge in [0.15, 0.2) is 0 Å². The average Bonchev–Trinajstić information content (AvgIpc) is 2.59. The first kappa shape index (κ1) is 20.2. The van der Waals surface area contributed by atoms with Crippen LogP contribution in [0.15, 0.2) is 30.3 Å². The molecule has 1 N–H and O–H groups in total. The number of hydrogen-bond acceptors (Lipinski definition) is 5. The minimum Gasteiger partial charge on any atom is -0.460 e. The average molecular weight is 363 g/mol. The maximum absolute atomic E-state index is 12.3. The van der Waals surface area contributed by atoms with Crippen molar-refractivity contribution in [1.82, 2.24) is 4.90 Å². The van der Waals surface area contributed by atoms with Crippen LogP contribution in [0.5, 0.6) is 0 Å². The fraction of sp³-hybridized carbons (Fsp3) is 0.600. The predicted octanol–water partition coefficient (Wildman–Crippen LogP) is 3.13. The highest BCUT2D eigenvalue weighted by Crippen LogP contribution is 2.32. The van der Waals surface area contributed by atoms with Gasteiger partial charge in [0.1, 0.15) is 12.2 Å². The number of benzene rings is 1. The second kappa shape index (κ2) is 8.08. The molecule has 1 aromatic rings. The Labute approximate surface area is 155 Å². The first-order valence-electron chi connectivity index (χ1n) is 9.02. The molecule has 0 radical (unpaired) electrons. The van der Waals surface area contributed by atoms with Gasteiger partial charge in [0.25, 0.3) is 0 Å². The normalized spacial score (nSPS) is 18.1. The van der Waals surface area contributed by atoms with E-state index in [2.05, 4.69) is 0 Å². The van der Waals surface area contributed by atoms with E-state index in [1.165, 1.54) is 0 Å². The van der Waals surface area contributed by atoms with Crippen LogP contribution >= 0.6 is 0 Å². The number of carbonyl (C=O) groups excluding carboxylic acids is 2. The molecule has 144 valence electrons. The van der Waals surface area contributed by atoms with Crippen molar-refractivity contribution in [2.24, 2.45) is 5.92 Å². The van der Waals surface area contributed by atoms with Gasteiger partial charge in [0.2, 0.25) is 0 Å². The van der Waals surface area contributed by atoms with E-state index in [0.717, 1.165) is 5.56 Å². The highest BCUT2D eigenvalue weighted by atomic mass is 16.6. The van der Waals surface area contributed by atoms with E-state index in [9.17, 15) is 14.7 Å². The molecule has 1 aromatic carbocycles. The van der Waals surface area contributed by atoms with E-state index < -0.39 is 29.2 Å². The minimum atomic E-state index is -1.17. The molecule has 1 fully saturated rings. The smallest absolute Gasteiger partial charge is 0.410 e. The Morgan fingerprint density at radius 2 is 1.77 bits per heavy atom. The molecule has 6 heteroatoms. The van der Waals surface area contributed by atoms with Crippen molar-refractivity contribution >= 4 is 12.1 Å². The molecule has 1 saturated heterocycles. The summed E-state index contributed by atoms with van der Waals surface area (Å²) in [5.74, 6) is -1.07. The number of rotatable bonds is 4. The molecule has 1 amide bonds. The molecule has 0 spiro atoms. The maximum Gasteiger partial charge on any atom is 0.410 e. The molecule has 6 nitrogen and oxygen atoms in total. The van der Waals surface area contributed by atoms with Crippen molar-refractivity contribution in [1.29, 1.82) is 0 Å². The molecule has 1 aliphatic rings. The Morgan fingerprint density at radius 3 is 2.31 bits per heavy atom. The molecular weight excluding hydrogens is 334 g/mol. The Morgan fingerprint density at radius 1 is 1.19 bits per heavy atom. The van der Waals surface area contributed by atoms with E-state index in [-0.39, 0.29) is 6.61 Å². The molecule has 1 aliphatic heterocycles. The van der Waals surface area contributed by atoms with Crippen LogP contribution in [-0.2, 0) is 20.9 Å². The van der Waals surface area contributed by atoms with Crippen LogP contribution in [0.2, 0.25) is 0 Å². The van der Waals surface area contributed by atoms with Crippen molar-refractivity contribution < 1.29 is 24.2 Å². The summed E-state index contributed by atoms with van der Waals surface area (Å²) < 4.78 is 10.7. The summed E-state index contributed by atoms with van der Waals surface area (Å²) in [5, 5.41) is 10.8. The summed E-state index contributed by atoms with van der Waals surface area (Å²) >= 11 is 0. The summed E-state index contributed by atoms with van der Waals surface area (Å²) in [6.45, 7) is 7.98. The van der Waals surface area contributed by atoms with Crippen molar-refractivity contribution in [3.63, 3.8) is 0 Å². The van der Waals surface area contributed by atoms with E-state index >= 15 is 0 Å². The molecule has 1 heterocycles. The molecule has 0 aromatic heterocycles. The Kier molecular flexibility index (Phi) is 6.29. The van der Waals surface area contributed by atoms with Crippen molar-refractivity contribution in [2.75, 3.05) is 13.1 Å². The van der Waals surface area contributed by atoms with Crippen molar-refractivity contribution in [3.8, 4) is 0 Å². The van der Waals surface area contributed by atoms with Gasteiger partial charge in [-0.25, -0.2) is 4.79 Å². The number of esters is 1. The standard InChI is InChI=1S/C20H29NO5/c1-15(17(22)26-19(2,3)4)20(24)10-12-21(13-11-20)18(23)25-14-16-8-6-5-7-9-16/h5-9,15,24H,10-14H2,1-4H3. The molecule has 26 heavy (non-hydrogen) atoms. The predicted molar refractivity (Wildman–Crippen MR) is 97.4 cm³/mol. The molecule has 0 saturated carbocycles. The molecule has 0 aliphatic carbocycles. The molecule has 0 bridgehead atoms. The molecule has 2 rings (SSSR count). The van der Waals surface area contributed by atoms with Crippen LogP contribution in [0, 0.1) is 5.92 Å². The fourth-order valence-corrected chi connectivity index (χ4v) is 2.93. The first-order valence-corrected chi connectivity index (χ1v) is 9.02. The quantitative estimate of drug-likeness (QED) is 0.832. The monoisotopic (exact) mass is 363 g/mol. The highest BCUT2D eigenvalue weighted by molar-refractivity contribution is 5.74. The zero-order valence-corrected chi connectivity index (χ0v) is 16.0. The lowest BCUT2D eigenvalue weighted by molar-refractivity contribution is -0.171. The maximum atomic E-state index is 12.3. The van der Waals surface area contributed by atoms with Crippen molar-refractivity contribution in [3.05, 3.63) is 35.9 Å². The van der Waals surface area contributed by atoms with Crippen LogP contribution in [0.4, 0.5) is 4.79 Å². The molecule has 1 unspecified atom stereocenters. The van der Waals surface area contributed by atoms with E-state index in [1.807, 2.05) is 30.3 Å². The lowest BCUT2D eigenvalue weighted by Gasteiger charge is -2.40. The zero-order valence-electron chi connectivity index (χ0n) is 16.0. The van der Waals surface area contributed by atoms with Crippen LogP contribution in [0.3, 0.4) is 0 Å². The SMILES string of the molecule is CC(C(=O)OC(C)(C)C)C1(O)CCN(C(=O)OCc2ccccc2)CC1. The van der Waals surface area contributed by atoms with Crippen LogP contribution in [0.1, 0.15) is 46.1 Å². The number of hydrogen-bond donors (Lipinski definition) is 1. The largest absolute Gasteiger partial charge is 0.460 e. The lowest BCUT2D eigenvalue weighted by Crippen LogP contribution is -2.52. The summed E-state index contributed by atoms with van der Waals surface area (Å²) in [4.78, 5) is 26.0. The first-order chi connectivity index (χ1) is 12.1. The number of amides is 1. The van der Waals surface area contributed by atoms with Gasteiger partial charge >= 0.3 is 12.1 Å². The van der Waals surface area contributed by atoms with Crippen LogP contribution < -0.4 is 0 Å². The third-order valence-electron chi connectivity index (χ3n) is 4.66. The Balaban J connectivity index is 1.85. The summed E-state index contributed by atoms with van der Waals surface area (Å²) in [6.07, 6.45) is 0.225. The van der Waals surface area contributed by atoms with E-state index in [1.54, 1.807) is 32.6 Å². The van der Waals surface area contributed by atoms with Gasteiger partial charge in [-0.3, -0.25) is 4.79 Å². The number of piperidine rings is 1. The minimum absolute atomic E-state index is 0.217. The number of carbonyl (C=O) groups is 2. The highest BCUT2D eigenvalue weighted by Gasteiger charge is 2.43. The molecule has 1 atom stereocenters. The molecular formula is C20H29NO5. The van der Waals surface area contributed by atoms with Crippen LogP contribution in [-0.4, -0.2) is 46.4 Å². The van der Waals surface area contributed by atoms with Gasteiger partial charge < -0.3 is 19.5 Å². The summed E-state index contributed by atoms with van der Waals surface area (Å²) in [6, 6.07) is 9.47. The van der Waals surface area contributed by atoms with E-state index in [0.29, 0.717) is 25.9 Å². The fourth-order valence-electron chi connectivity index (χ4n) is 2.93. The van der Waals surface area contributed by atoms with Gasteiger partial charge in [-0.1, -0.05) is 30.3 Å². The van der Waals surface area contributed by atoms with Crippen molar-refractivity contribution in [2.45, 2.75) is 58.3 Å². The number of ether oxygens (including phenoxy) is 2. The third-order valence-corrected chi connectivity index (χ3v) is 4.66. The van der Waals surface area contributed by atoms with Gasteiger partial charge in [-0.15, -0.1) is 0 Å². The topological polar surface area (TPSA) is 76.1 Å². The number of likely N-dealkylation sites (tertiary alicyclic amines) is 1. The summed E-state index contributed by atoms with van der Waals surface area (Å²) in [5.41, 5.74) is -0.838. The second-order valence-corrected chi connectivity index (χ2v) is 7.89. The van der Waals surface area contributed by atoms with Gasteiger partial charge in [0, 0.05) is 13.1 Å². The lowest BCUT2D eigenvalue weighted by atomic mass is 9.80.